The molecule has 0 spiro atoms. The van der Waals surface area contributed by atoms with E-state index in [1.165, 1.54) is 17.4 Å². The Morgan fingerprint density at radius 3 is 2.86 bits per heavy atom. The molecule has 0 saturated heterocycles. The van der Waals surface area contributed by atoms with E-state index >= 15 is 0 Å². The zero-order chi connectivity index (χ0) is 16.1. The van der Waals surface area contributed by atoms with Crippen molar-refractivity contribution in [2.75, 3.05) is 11.9 Å². The number of hydrogen-bond acceptors (Lipinski definition) is 6. The first-order valence-corrected chi connectivity index (χ1v) is 7.49. The Labute approximate surface area is 130 Å². The highest BCUT2D eigenvalue weighted by molar-refractivity contribution is 7.14. The van der Waals surface area contributed by atoms with Gasteiger partial charge in [0.25, 0.3) is 11.5 Å². The molecule has 2 heterocycles. The summed E-state index contributed by atoms with van der Waals surface area (Å²) in [6, 6.07) is 3.10. The van der Waals surface area contributed by atoms with Crippen molar-refractivity contribution in [1.29, 1.82) is 0 Å². The number of aryl methyl sites for hydroxylation is 1. The number of pyridine rings is 1. The van der Waals surface area contributed by atoms with E-state index in [-0.39, 0.29) is 18.0 Å². The molecule has 2 aromatic rings. The van der Waals surface area contributed by atoms with Crippen LogP contribution in [0.5, 0.6) is 0 Å². The molecule has 2 N–H and O–H groups in total. The first-order chi connectivity index (χ1) is 10.5. The Morgan fingerprint density at radius 2 is 2.18 bits per heavy atom. The van der Waals surface area contributed by atoms with Gasteiger partial charge in [0, 0.05) is 11.1 Å². The predicted octanol–water partition coefficient (Wildman–Crippen LogP) is 1.50. The van der Waals surface area contributed by atoms with Crippen LogP contribution < -0.4 is 10.9 Å². The highest BCUT2D eigenvalue weighted by Crippen LogP contribution is 2.16. The van der Waals surface area contributed by atoms with Crippen LogP contribution in [0.3, 0.4) is 0 Å². The number of rotatable bonds is 5. The molecule has 8 heteroatoms. The fraction of sp³-hybridized carbons (Fsp3) is 0.286. The van der Waals surface area contributed by atoms with Crippen molar-refractivity contribution in [3.05, 3.63) is 44.8 Å². The lowest BCUT2D eigenvalue weighted by Crippen LogP contribution is -2.23. The Balaban J connectivity index is 2.05. The number of amides is 1. The fourth-order valence-electron chi connectivity index (χ4n) is 1.72. The van der Waals surface area contributed by atoms with Crippen molar-refractivity contribution in [3.8, 4) is 0 Å². The number of aromatic nitrogens is 2. The summed E-state index contributed by atoms with van der Waals surface area (Å²) >= 11 is 1.18. The topological polar surface area (TPSA) is 101 Å². The van der Waals surface area contributed by atoms with Crippen molar-refractivity contribution in [1.82, 2.24) is 9.97 Å². The Morgan fingerprint density at radius 1 is 1.41 bits per heavy atom. The quantitative estimate of drug-likeness (QED) is 0.813. The molecule has 0 fully saturated rings. The number of nitrogens with zero attached hydrogens (tertiary/aromatic N) is 1. The maximum absolute atomic E-state index is 12.0. The van der Waals surface area contributed by atoms with Gasteiger partial charge < -0.3 is 9.72 Å². The number of aromatic amines is 1. The zero-order valence-corrected chi connectivity index (χ0v) is 13.0. The lowest BCUT2D eigenvalue weighted by atomic mass is 10.2. The van der Waals surface area contributed by atoms with Crippen LogP contribution in [0.15, 0.2) is 22.3 Å². The molecule has 0 aliphatic rings. The SMILES string of the molecule is CCOC(=O)Cc1csc(NC(=O)c2ccc(C)[nH]c2=O)n1. The van der Waals surface area contributed by atoms with Gasteiger partial charge in [0.2, 0.25) is 0 Å². The van der Waals surface area contributed by atoms with E-state index in [2.05, 4.69) is 15.3 Å². The van der Waals surface area contributed by atoms with Crippen molar-refractivity contribution < 1.29 is 14.3 Å². The molecule has 2 aromatic heterocycles. The van der Waals surface area contributed by atoms with Gasteiger partial charge in [-0.15, -0.1) is 11.3 Å². The van der Waals surface area contributed by atoms with Crippen molar-refractivity contribution in [2.45, 2.75) is 20.3 Å². The number of carbonyl (C=O) groups excluding carboxylic acids is 2. The van der Waals surface area contributed by atoms with Gasteiger partial charge in [-0.3, -0.25) is 19.7 Å². The Bertz CT molecular complexity index is 751. The van der Waals surface area contributed by atoms with Gasteiger partial charge in [-0.1, -0.05) is 0 Å². The normalized spacial score (nSPS) is 10.3. The molecule has 7 nitrogen and oxygen atoms in total. The van der Waals surface area contributed by atoms with Gasteiger partial charge in [0.1, 0.15) is 5.56 Å². The molecule has 116 valence electrons. The summed E-state index contributed by atoms with van der Waals surface area (Å²) in [5.74, 6) is -0.918. The van der Waals surface area contributed by atoms with Gasteiger partial charge in [-0.2, -0.15) is 0 Å². The van der Waals surface area contributed by atoms with E-state index < -0.39 is 11.5 Å². The number of hydrogen-bond donors (Lipinski definition) is 2. The molecule has 2 rings (SSSR count). The summed E-state index contributed by atoms with van der Waals surface area (Å²) in [7, 11) is 0. The molecule has 0 aromatic carbocycles. The second kappa shape index (κ2) is 6.99. The number of nitrogens with one attached hydrogen (secondary N) is 2. The van der Waals surface area contributed by atoms with E-state index in [4.69, 9.17) is 4.74 Å². The van der Waals surface area contributed by atoms with Crippen LogP contribution in [0.25, 0.3) is 0 Å². The number of thiazole rings is 1. The van der Waals surface area contributed by atoms with Crippen LogP contribution >= 0.6 is 11.3 Å². The zero-order valence-electron chi connectivity index (χ0n) is 12.1. The lowest BCUT2D eigenvalue weighted by Gasteiger charge is -2.01. The fourth-order valence-corrected chi connectivity index (χ4v) is 2.43. The van der Waals surface area contributed by atoms with Gasteiger partial charge >= 0.3 is 5.97 Å². The minimum absolute atomic E-state index is 0.00717. The third kappa shape index (κ3) is 4.01. The maximum atomic E-state index is 12.0. The molecule has 22 heavy (non-hydrogen) atoms. The minimum atomic E-state index is -0.543. The Kier molecular flexibility index (Phi) is 5.05. The third-order valence-electron chi connectivity index (χ3n) is 2.70. The average molecular weight is 321 g/mol. The van der Waals surface area contributed by atoms with Crippen molar-refractivity contribution >= 4 is 28.3 Å². The molecule has 0 aliphatic heterocycles. The summed E-state index contributed by atoms with van der Waals surface area (Å²) in [5.41, 5.74) is 0.734. The summed E-state index contributed by atoms with van der Waals surface area (Å²) in [6.45, 7) is 3.76. The van der Waals surface area contributed by atoms with Crippen molar-refractivity contribution in [2.24, 2.45) is 0 Å². The highest BCUT2D eigenvalue weighted by atomic mass is 32.1. The standard InChI is InChI=1S/C14H15N3O4S/c1-3-21-11(18)6-9-7-22-14(16-9)17-13(20)10-5-4-8(2)15-12(10)19/h4-5,7H,3,6H2,1-2H3,(H,15,19)(H,16,17,20). The average Bonchev–Trinajstić information content (AvgIpc) is 2.85. The van der Waals surface area contributed by atoms with Crippen LogP contribution in [0, 0.1) is 6.92 Å². The number of H-pyrrole nitrogens is 1. The predicted molar refractivity (Wildman–Crippen MR) is 82.2 cm³/mol. The molecule has 0 bridgehead atoms. The lowest BCUT2D eigenvalue weighted by molar-refractivity contribution is -0.142. The van der Waals surface area contributed by atoms with Gasteiger partial charge in [0.05, 0.1) is 18.7 Å². The molecule has 0 aliphatic carbocycles. The monoisotopic (exact) mass is 321 g/mol. The smallest absolute Gasteiger partial charge is 0.311 e. The first kappa shape index (κ1) is 15.9. The van der Waals surface area contributed by atoms with Crippen LogP contribution in [0.1, 0.15) is 28.7 Å². The van der Waals surface area contributed by atoms with Crippen LogP contribution in [-0.2, 0) is 16.0 Å². The van der Waals surface area contributed by atoms with Crippen LogP contribution in [0.2, 0.25) is 0 Å². The van der Waals surface area contributed by atoms with E-state index in [1.807, 2.05) is 0 Å². The maximum Gasteiger partial charge on any atom is 0.311 e. The van der Waals surface area contributed by atoms with Gasteiger partial charge in [-0.25, -0.2) is 4.98 Å². The molecule has 0 unspecified atom stereocenters. The number of ether oxygens (including phenoxy) is 1. The summed E-state index contributed by atoms with van der Waals surface area (Å²) in [4.78, 5) is 41.8. The second-order valence-electron chi connectivity index (χ2n) is 4.46. The molecule has 1 amide bonds. The number of esters is 1. The molecular weight excluding hydrogens is 306 g/mol. The van der Waals surface area contributed by atoms with E-state index in [0.717, 1.165) is 0 Å². The highest BCUT2D eigenvalue weighted by Gasteiger charge is 2.14. The summed E-state index contributed by atoms with van der Waals surface area (Å²) in [6.07, 6.45) is 0.0469. The molecule has 0 radical (unpaired) electrons. The molecular formula is C14H15N3O4S. The van der Waals surface area contributed by atoms with E-state index in [1.54, 1.807) is 25.3 Å². The molecule has 0 saturated carbocycles. The van der Waals surface area contributed by atoms with Gasteiger partial charge in [0.15, 0.2) is 5.13 Å². The minimum Gasteiger partial charge on any atom is -0.466 e. The third-order valence-corrected chi connectivity index (χ3v) is 3.51. The number of anilines is 1. The van der Waals surface area contributed by atoms with E-state index in [9.17, 15) is 14.4 Å². The van der Waals surface area contributed by atoms with E-state index in [0.29, 0.717) is 23.1 Å². The van der Waals surface area contributed by atoms with Crippen LogP contribution in [-0.4, -0.2) is 28.5 Å². The summed E-state index contributed by atoms with van der Waals surface area (Å²) < 4.78 is 4.83. The summed E-state index contributed by atoms with van der Waals surface area (Å²) in [5, 5.41) is 4.52. The second-order valence-corrected chi connectivity index (χ2v) is 5.32. The van der Waals surface area contributed by atoms with Gasteiger partial charge in [-0.05, 0) is 26.0 Å². The molecule has 0 atom stereocenters. The van der Waals surface area contributed by atoms with Crippen LogP contribution in [0.4, 0.5) is 5.13 Å². The Hall–Kier alpha value is -2.48. The van der Waals surface area contributed by atoms with Crippen molar-refractivity contribution in [3.63, 3.8) is 0 Å². The first-order valence-electron chi connectivity index (χ1n) is 6.61. The largest absolute Gasteiger partial charge is 0.466 e. The number of carbonyl (C=O) groups is 2.